The normalized spacial score (nSPS) is 18.8. The number of morpholine rings is 1. The van der Waals surface area contributed by atoms with Crippen LogP contribution in [0.3, 0.4) is 0 Å². The molecular formula is C20H26N4O7S. The van der Waals surface area contributed by atoms with Crippen molar-refractivity contribution in [2.24, 2.45) is 0 Å². The second-order valence-corrected chi connectivity index (χ2v) is 8.21. The highest BCUT2D eigenvalue weighted by Crippen LogP contribution is 2.46. The average Bonchev–Trinajstić information content (AvgIpc) is 3.17. The van der Waals surface area contributed by atoms with Crippen LogP contribution in [0, 0.1) is 10.1 Å². The Labute approximate surface area is 189 Å². The van der Waals surface area contributed by atoms with Gasteiger partial charge in [-0.25, -0.2) is 4.98 Å². The Hall–Kier alpha value is -2.96. The fourth-order valence-electron chi connectivity index (χ4n) is 3.74. The van der Waals surface area contributed by atoms with Gasteiger partial charge in [0.05, 0.1) is 44.2 Å². The van der Waals surface area contributed by atoms with Gasteiger partial charge in [-0.3, -0.25) is 25.1 Å². The van der Waals surface area contributed by atoms with E-state index in [1.807, 2.05) is 19.2 Å². The second kappa shape index (κ2) is 10.1. The van der Waals surface area contributed by atoms with E-state index in [9.17, 15) is 14.9 Å². The molecule has 0 spiro atoms. The minimum Gasteiger partial charge on any atom is -0.493 e. The summed E-state index contributed by atoms with van der Waals surface area (Å²) in [5.74, 6) is -0.734. The van der Waals surface area contributed by atoms with Crippen molar-refractivity contribution in [2.45, 2.75) is 32.6 Å². The van der Waals surface area contributed by atoms with Gasteiger partial charge in [-0.1, -0.05) is 0 Å². The summed E-state index contributed by atoms with van der Waals surface area (Å²) >= 11 is 1.25. The fourth-order valence-corrected chi connectivity index (χ4v) is 4.44. The van der Waals surface area contributed by atoms with Gasteiger partial charge in [0, 0.05) is 31.1 Å². The Balaban J connectivity index is 1.82. The lowest BCUT2D eigenvalue weighted by Gasteiger charge is -2.34. The summed E-state index contributed by atoms with van der Waals surface area (Å²) in [5.41, 5.74) is 0.0544. The molecule has 1 aliphatic rings. The Morgan fingerprint density at radius 1 is 1.25 bits per heavy atom. The number of hydrogen-bond acceptors (Lipinski definition) is 10. The molecule has 1 amide bonds. The number of nitro benzene ring substituents is 1. The first kappa shape index (κ1) is 23.7. The van der Waals surface area contributed by atoms with Crippen LogP contribution in [0.1, 0.15) is 29.9 Å². The summed E-state index contributed by atoms with van der Waals surface area (Å²) in [6, 6.07) is 1.25. The number of hydrogen-bond donors (Lipinski definition) is 1. The van der Waals surface area contributed by atoms with Gasteiger partial charge < -0.3 is 18.9 Å². The predicted octanol–water partition coefficient (Wildman–Crippen LogP) is 2.94. The van der Waals surface area contributed by atoms with E-state index in [1.54, 1.807) is 0 Å². The molecule has 11 nitrogen and oxygen atoms in total. The molecule has 1 aliphatic heterocycles. The van der Waals surface area contributed by atoms with Crippen LogP contribution in [0.25, 0.3) is 0 Å². The van der Waals surface area contributed by atoms with Crippen LogP contribution >= 0.6 is 11.3 Å². The van der Waals surface area contributed by atoms with E-state index in [4.69, 9.17) is 18.9 Å². The maximum Gasteiger partial charge on any atom is 0.327 e. The quantitative estimate of drug-likeness (QED) is 0.462. The van der Waals surface area contributed by atoms with E-state index in [0.29, 0.717) is 11.7 Å². The fraction of sp³-hybridized carbons (Fsp3) is 0.500. The van der Waals surface area contributed by atoms with Gasteiger partial charge in [0.15, 0.2) is 10.9 Å². The van der Waals surface area contributed by atoms with Crippen molar-refractivity contribution in [3.63, 3.8) is 0 Å². The van der Waals surface area contributed by atoms with Crippen LogP contribution < -0.4 is 19.5 Å². The summed E-state index contributed by atoms with van der Waals surface area (Å²) in [6.07, 6.45) is 0.272. The lowest BCUT2D eigenvalue weighted by atomic mass is 10.1. The van der Waals surface area contributed by atoms with E-state index in [2.05, 4.69) is 15.2 Å². The summed E-state index contributed by atoms with van der Waals surface area (Å²) in [7, 11) is 3.95. The molecule has 2 unspecified atom stereocenters. The molecule has 3 rings (SSSR count). The van der Waals surface area contributed by atoms with E-state index in [1.165, 1.54) is 38.7 Å². The molecule has 2 aromatic rings. The molecule has 12 heteroatoms. The molecule has 0 aliphatic carbocycles. The first-order chi connectivity index (χ1) is 15.3. The molecule has 1 aromatic carbocycles. The monoisotopic (exact) mass is 466 g/mol. The Bertz CT molecular complexity index is 987. The highest BCUT2D eigenvalue weighted by Gasteiger charge is 2.33. The first-order valence-corrected chi connectivity index (χ1v) is 10.8. The zero-order chi connectivity index (χ0) is 23.4. The minimum absolute atomic E-state index is 0.0313. The number of benzene rings is 1. The standard InChI is InChI=1S/C20H26N4O7S/c1-11-7-23(8-12(2)31-11)9-13-10-32-20(21-13)22-19(25)14-6-15(28-3)17(29-4)18(30-5)16(14)24(26)27/h6,10-12H,7-9H2,1-5H3,(H,21,22,25). The topological polar surface area (TPSA) is 125 Å². The Kier molecular flexibility index (Phi) is 7.48. The SMILES string of the molecule is COc1cc(C(=O)Nc2nc(CN3CC(C)OC(C)C3)cs2)c([N+](=O)[O-])c(OC)c1OC. The third-order valence-corrected chi connectivity index (χ3v) is 5.69. The summed E-state index contributed by atoms with van der Waals surface area (Å²) < 4.78 is 21.3. The Morgan fingerprint density at radius 2 is 1.91 bits per heavy atom. The molecule has 0 radical (unpaired) electrons. The molecular weight excluding hydrogens is 440 g/mol. The summed E-state index contributed by atoms with van der Waals surface area (Å²) in [4.78, 5) is 30.7. The average molecular weight is 467 g/mol. The highest BCUT2D eigenvalue weighted by atomic mass is 32.1. The third-order valence-electron chi connectivity index (χ3n) is 4.88. The number of aromatic nitrogens is 1. The van der Waals surface area contributed by atoms with Crippen molar-refractivity contribution in [1.82, 2.24) is 9.88 Å². The number of methoxy groups -OCH3 is 3. The zero-order valence-electron chi connectivity index (χ0n) is 18.5. The predicted molar refractivity (Wildman–Crippen MR) is 118 cm³/mol. The van der Waals surface area contributed by atoms with Gasteiger partial charge >= 0.3 is 5.69 Å². The lowest BCUT2D eigenvalue weighted by molar-refractivity contribution is -0.386. The molecule has 1 fully saturated rings. The smallest absolute Gasteiger partial charge is 0.327 e. The number of nitro groups is 1. The van der Waals surface area contributed by atoms with Crippen LogP contribution in [0.15, 0.2) is 11.4 Å². The number of amides is 1. The number of carbonyl (C=O) groups is 1. The van der Waals surface area contributed by atoms with Crippen molar-refractivity contribution in [3.05, 3.63) is 32.8 Å². The number of anilines is 1. The van der Waals surface area contributed by atoms with Gasteiger partial charge in [0.1, 0.15) is 5.56 Å². The zero-order valence-corrected chi connectivity index (χ0v) is 19.4. The minimum atomic E-state index is -0.703. The van der Waals surface area contributed by atoms with Crippen LogP contribution in [-0.2, 0) is 11.3 Å². The van der Waals surface area contributed by atoms with Crippen molar-refractivity contribution < 1.29 is 28.7 Å². The largest absolute Gasteiger partial charge is 0.493 e. The summed E-state index contributed by atoms with van der Waals surface area (Å²) in [5, 5.41) is 16.5. The molecule has 2 heterocycles. The van der Waals surface area contributed by atoms with Gasteiger partial charge in [0.2, 0.25) is 11.5 Å². The van der Waals surface area contributed by atoms with Crippen molar-refractivity contribution in [3.8, 4) is 17.2 Å². The first-order valence-electron chi connectivity index (χ1n) is 9.88. The van der Waals surface area contributed by atoms with Gasteiger partial charge in [-0.05, 0) is 13.8 Å². The van der Waals surface area contributed by atoms with Crippen LogP contribution in [0.4, 0.5) is 10.8 Å². The lowest BCUT2D eigenvalue weighted by Crippen LogP contribution is -2.44. The van der Waals surface area contributed by atoms with E-state index in [-0.39, 0.29) is 35.0 Å². The number of carbonyl (C=O) groups excluding carboxylic acids is 1. The number of thiazole rings is 1. The van der Waals surface area contributed by atoms with Crippen molar-refractivity contribution >= 4 is 28.1 Å². The molecule has 1 N–H and O–H groups in total. The molecule has 0 saturated carbocycles. The number of rotatable bonds is 8. The number of ether oxygens (including phenoxy) is 4. The van der Waals surface area contributed by atoms with Crippen LogP contribution in [0.2, 0.25) is 0 Å². The van der Waals surface area contributed by atoms with E-state index >= 15 is 0 Å². The molecule has 32 heavy (non-hydrogen) atoms. The Morgan fingerprint density at radius 3 is 2.47 bits per heavy atom. The van der Waals surface area contributed by atoms with Gasteiger partial charge in [-0.15, -0.1) is 11.3 Å². The van der Waals surface area contributed by atoms with Crippen molar-refractivity contribution in [1.29, 1.82) is 0 Å². The highest BCUT2D eigenvalue weighted by molar-refractivity contribution is 7.14. The molecule has 0 bridgehead atoms. The van der Waals surface area contributed by atoms with Gasteiger partial charge in [0.25, 0.3) is 5.91 Å². The summed E-state index contributed by atoms with van der Waals surface area (Å²) in [6.45, 7) is 6.26. The number of nitrogens with zero attached hydrogens (tertiary/aromatic N) is 3. The van der Waals surface area contributed by atoms with E-state index < -0.39 is 16.5 Å². The maximum atomic E-state index is 12.9. The molecule has 1 saturated heterocycles. The maximum absolute atomic E-state index is 12.9. The van der Waals surface area contributed by atoms with Gasteiger partial charge in [-0.2, -0.15) is 0 Å². The number of nitrogens with one attached hydrogen (secondary N) is 1. The van der Waals surface area contributed by atoms with Crippen LogP contribution in [0.5, 0.6) is 17.2 Å². The molecule has 174 valence electrons. The second-order valence-electron chi connectivity index (χ2n) is 7.35. The molecule has 2 atom stereocenters. The third kappa shape index (κ3) is 5.09. The van der Waals surface area contributed by atoms with Crippen molar-refractivity contribution in [2.75, 3.05) is 39.7 Å². The van der Waals surface area contributed by atoms with Crippen LogP contribution in [-0.4, -0.2) is 67.3 Å². The molecule has 1 aromatic heterocycles. The van der Waals surface area contributed by atoms with E-state index in [0.717, 1.165) is 18.8 Å².